The van der Waals surface area contributed by atoms with E-state index in [9.17, 15) is 5.11 Å². The maximum absolute atomic E-state index is 9.19. The Labute approximate surface area is 92.8 Å². The Morgan fingerprint density at radius 3 is 2.73 bits per heavy atom. The number of aryl methyl sites for hydroxylation is 1. The second-order valence-electron chi connectivity index (χ2n) is 3.18. The van der Waals surface area contributed by atoms with Gasteiger partial charge in [-0.2, -0.15) is 0 Å². The van der Waals surface area contributed by atoms with Crippen molar-refractivity contribution >= 4 is 11.8 Å². The van der Waals surface area contributed by atoms with Gasteiger partial charge in [0.05, 0.1) is 18.6 Å². The van der Waals surface area contributed by atoms with Crippen LogP contribution in [-0.2, 0) is 13.7 Å². The van der Waals surface area contributed by atoms with Gasteiger partial charge in [-0.3, -0.25) is 0 Å². The van der Waals surface area contributed by atoms with Crippen molar-refractivity contribution in [1.82, 2.24) is 9.55 Å². The normalized spacial score (nSPS) is 10.5. The Bertz CT molecular complexity index is 439. The fraction of sp³-hybridized carbons (Fsp3) is 0.182. The van der Waals surface area contributed by atoms with Crippen LogP contribution in [0.2, 0.25) is 0 Å². The third-order valence-electron chi connectivity index (χ3n) is 2.13. The van der Waals surface area contributed by atoms with Gasteiger partial charge >= 0.3 is 0 Å². The van der Waals surface area contributed by atoms with E-state index in [-0.39, 0.29) is 6.61 Å². The molecule has 78 valence electrons. The number of aliphatic hydroxyl groups is 1. The second-order valence-corrected chi connectivity index (χ2v) is 4.24. The number of hydrogen-bond acceptors (Lipinski definition) is 3. The van der Waals surface area contributed by atoms with Crippen LogP contribution < -0.4 is 0 Å². The lowest BCUT2D eigenvalue weighted by Gasteiger charge is -2.01. The van der Waals surface area contributed by atoms with Gasteiger partial charge in [0.25, 0.3) is 0 Å². The lowest BCUT2D eigenvalue weighted by atomic mass is 10.4. The van der Waals surface area contributed by atoms with E-state index in [4.69, 9.17) is 0 Å². The smallest absolute Gasteiger partial charge is 0.124 e. The molecule has 2 rings (SSSR count). The van der Waals surface area contributed by atoms with Gasteiger partial charge in [-0.25, -0.2) is 4.98 Å². The third kappa shape index (κ3) is 2.22. The average molecular weight is 220 g/mol. The zero-order valence-corrected chi connectivity index (χ0v) is 9.24. The molecule has 3 nitrogen and oxygen atoms in total. The third-order valence-corrected chi connectivity index (χ3v) is 3.17. The molecule has 0 spiro atoms. The Kier molecular flexibility index (Phi) is 3.08. The minimum absolute atomic E-state index is 0.0195. The van der Waals surface area contributed by atoms with E-state index in [2.05, 4.69) is 4.98 Å². The molecule has 1 heterocycles. The highest BCUT2D eigenvalue weighted by atomic mass is 32.2. The Morgan fingerprint density at radius 2 is 2.07 bits per heavy atom. The quantitative estimate of drug-likeness (QED) is 0.860. The van der Waals surface area contributed by atoms with Crippen molar-refractivity contribution < 1.29 is 5.11 Å². The highest BCUT2D eigenvalue weighted by Crippen LogP contribution is 2.28. The van der Waals surface area contributed by atoms with Gasteiger partial charge in [-0.05, 0) is 12.1 Å². The van der Waals surface area contributed by atoms with Gasteiger partial charge in [-0.15, -0.1) is 0 Å². The molecule has 0 aliphatic heterocycles. The minimum Gasteiger partial charge on any atom is -0.390 e. The highest BCUT2D eigenvalue weighted by Gasteiger charge is 2.08. The van der Waals surface area contributed by atoms with Crippen LogP contribution in [0.25, 0.3) is 0 Å². The maximum atomic E-state index is 9.19. The van der Waals surface area contributed by atoms with Crippen LogP contribution in [-0.4, -0.2) is 14.7 Å². The predicted molar refractivity (Wildman–Crippen MR) is 59.7 cm³/mol. The van der Waals surface area contributed by atoms with E-state index in [0.29, 0.717) is 0 Å². The monoisotopic (exact) mass is 220 g/mol. The van der Waals surface area contributed by atoms with Gasteiger partial charge < -0.3 is 9.67 Å². The molecule has 0 atom stereocenters. The van der Waals surface area contributed by atoms with E-state index in [1.165, 1.54) is 0 Å². The molecule has 0 amide bonds. The summed E-state index contributed by atoms with van der Waals surface area (Å²) < 4.78 is 1.84. The number of rotatable bonds is 3. The molecule has 0 aliphatic rings. The Balaban J connectivity index is 2.25. The van der Waals surface area contributed by atoms with E-state index in [1.54, 1.807) is 18.1 Å². The summed E-state index contributed by atoms with van der Waals surface area (Å²) >= 11 is 1.57. The van der Waals surface area contributed by atoms with Gasteiger partial charge in [-0.1, -0.05) is 30.0 Å². The molecule has 2 aromatic rings. The lowest BCUT2D eigenvalue weighted by molar-refractivity contribution is 0.269. The first kappa shape index (κ1) is 10.3. The SMILES string of the molecule is Cn1cnc(Sc2ccccc2)c1CO. The summed E-state index contributed by atoms with van der Waals surface area (Å²) in [6.07, 6.45) is 1.72. The van der Waals surface area contributed by atoms with Gasteiger partial charge in [0.15, 0.2) is 0 Å². The molecule has 0 unspecified atom stereocenters. The Morgan fingerprint density at radius 1 is 1.33 bits per heavy atom. The second kappa shape index (κ2) is 4.51. The van der Waals surface area contributed by atoms with Crippen LogP contribution in [0.4, 0.5) is 0 Å². The van der Waals surface area contributed by atoms with E-state index < -0.39 is 0 Å². The summed E-state index contributed by atoms with van der Waals surface area (Å²) in [5.41, 5.74) is 0.851. The lowest BCUT2D eigenvalue weighted by Crippen LogP contribution is -1.95. The van der Waals surface area contributed by atoms with Crippen LogP contribution in [0.1, 0.15) is 5.69 Å². The van der Waals surface area contributed by atoms with Gasteiger partial charge in [0.1, 0.15) is 5.03 Å². The van der Waals surface area contributed by atoms with Crippen molar-refractivity contribution in [2.75, 3.05) is 0 Å². The molecule has 0 saturated carbocycles. The maximum Gasteiger partial charge on any atom is 0.124 e. The van der Waals surface area contributed by atoms with E-state index in [0.717, 1.165) is 15.6 Å². The summed E-state index contributed by atoms with van der Waals surface area (Å²) in [5, 5.41) is 10.1. The van der Waals surface area contributed by atoms with Crippen molar-refractivity contribution in [3.63, 3.8) is 0 Å². The van der Waals surface area contributed by atoms with Crippen LogP contribution >= 0.6 is 11.8 Å². The van der Waals surface area contributed by atoms with Crippen LogP contribution in [0.15, 0.2) is 46.6 Å². The summed E-state index contributed by atoms with van der Waals surface area (Å²) in [5.74, 6) is 0. The zero-order chi connectivity index (χ0) is 10.7. The average Bonchev–Trinajstić information content (AvgIpc) is 2.61. The summed E-state index contributed by atoms with van der Waals surface area (Å²) in [6.45, 7) is 0.0195. The first-order valence-corrected chi connectivity index (χ1v) is 5.47. The number of nitrogens with zero attached hydrogens (tertiary/aromatic N) is 2. The number of hydrogen-bond donors (Lipinski definition) is 1. The molecule has 4 heteroatoms. The standard InChI is InChI=1S/C11H12N2OS/c1-13-8-12-11(10(13)7-14)15-9-5-3-2-4-6-9/h2-6,8,14H,7H2,1H3. The number of benzene rings is 1. The van der Waals surface area contributed by atoms with Crippen LogP contribution in [0, 0.1) is 0 Å². The van der Waals surface area contributed by atoms with Crippen molar-refractivity contribution in [1.29, 1.82) is 0 Å². The summed E-state index contributed by atoms with van der Waals surface area (Å²) in [6, 6.07) is 10.0. The predicted octanol–water partition coefficient (Wildman–Crippen LogP) is 2.06. The van der Waals surface area contributed by atoms with Crippen molar-refractivity contribution in [2.45, 2.75) is 16.5 Å². The van der Waals surface area contributed by atoms with Crippen LogP contribution in [0.3, 0.4) is 0 Å². The largest absolute Gasteiger partial charge is 0.390 e. The topological polar surface area (TPSA) is 38.0 Å². The molecule has 15 heavy (non-hydrogen) atoms. The fourth-order valence-electron chi connectivity index (χ4n) is 1.30. The van der Waals surface area contributed by atoms with Gasteiger partial charge in [0, 0.05) is 11.9 Å². The van der Waals surface area contributed by atoms with E-state index in [1.807, 2.05) is 41.9 Å². The zero-order valence-electron chi connectivity index (χ0n) is 8.42. The van der Waals surface area contributed by atoms with E-state index >= 15 is 0 Å². The first-order valence-electron chi connectivity index (χ1n) is 4.65. The molecule has 0 fully saturated rings. The van der Waals surface area contributed by atoms with Crippen LogP contribution in [0.5, 0.6) is 0 Å². The number of imidazole rings is 1. The number of aliphatic hydroxyl groups excluding tert-OH is 1. The molecule has 1 aromatic heterocycles. The van der Waals surface area contributed by atoms with Crippen molar-refractivity contribution in [2.24, 2.45) is 7.05 Å². The summed E-state index contributed by atoms with van der Waals surface area (Å²) in [7, 11) is 1.88. The number of aromatic nitrogens is 2. The molecule has 0 aliphatic carbocycles. The molecule has 1 aromatic carbocycles. The molecular formula is C11H12N2OS. The molecule has 1 N–H and O–H groups in total. The molecule has 0 radical (unpaired) electrons. The molecule has 0 saturated heterocycles. The highest BCUT2D eigenvalue weighted by molar-refractivity contribution is 7.99. The molecular weight excluding hydrogens is 208 g/mol. The Hall–Kier alpha value is -1.26. The summed E-state index contributed by atoms with van der Waals surface area (Å²) in [4.78, 5) is 5.38. The minimum atomic E-state index is 0.0195. The molecule has 0 bridgehead atoms. The van der Waals surface area contributed by atoms with Crippen molar-refractivity contribution in [3.05, 3.63) is 42.4 Å². The van der Waals surface area contributed by atoms with Crippen molar-refractivity contribution in [3.8, 4) is 0 Å². The first-order chi connectivity index (χ1) is 7.31. The van der Waals surface area contributed by atoms with Gasteiger partial charge in [0.2, 0.25) is 0 Å². The fourth-order valence-corrected chi connectivity index (χ4v) is 2.24.